The van der Waals surface area contributed by atoms with Crippen molar-refractivity contribution in [2.75, 3.05) is 13.7 Å². The molecule has 20 heavy (non-hydrogen) atoms. The van der Waals surface area contributed by atoms with Gasteiger partial charge in [0.25, 0.3) is 0 Å². The standard InChI is InChI=1S/C13H13ClF3NO2/c1-20-11(19)12(18-7-13(15,16)17)5-8-2-3-10(14)4-9(8)6-12/h2-4,18H,5-7H2,1H3. The molecule has 7 heteroatoms. The number of alkyl halides is 3. The molecule has 0 amide bonds. The van der Waals surface area contributed by atoms with Crippen LogP contribution in [0.1, 0.15) is 11.1 Å². The van der Waals surface area contributed by atoms with E-state index in [-0.39, 0.29) is 12.8 Å². The van der Waals surface area contributed by atoms with Crippen molar-refractivity contribution in [2.24, 2.45) is 0 Å². The van der Waals surface area contributed by atoms with E-state index in [2.05, 4.69) is 10.1 Å². The van der Waals surface area contributed by atoms with Gasteiger partial charge in [0.2, 0.25) is 0 Å². The number of carbonyl (C=O) groups is 1. The highest BCUT2D eigenvalue weighted by Gasteiger charge is 2.46. The predicted molar refractivity (Wildman–Crippen MR) is 67.7 cm³/mol. The second-order valence-electron chi connectivity index (χ2n) is 4.81. The van der Waals surface area contributed by atoms with Crippen LogP contribution in [0.2, 0.25) is 5.02 Å². The smallest absolute Gasteiger partial charge is 0.401 e. The fourth-order valence-corrected chi connectivity index (χ4v) is 2.65. The number of hydrogen-bond acceptors (Lipinski definition) is 3. The van der Waals surface area contributed by atoms with Crippen LogP contribution < -0.4 is 5.32 Å². The Kier molecular flexibility index (Phi) is 3.97. The lowest BCUT2D eigenvalue weighted by Crippen LogP contribution is -2.56. The number of halogens is 4. The maximum atomic E-state index is 12.4. The van der Waals surface area contributed by atoms with Crippen LogP contribution in [0.15, 0.2) is 18.2 Å². The lowest BCUT2D eigenvalue weighted by atomic mass is 9.95. The number of carbonyl (C=O) groups excluding carboxylic acids is 1. The summed E-state index contributed by atoms with van der Waals surface area (Å²) in [6.45, 7) is -1.25. The number of hydrogen-bond donors (Lipinski definition) is 1. The van der Waals surface area contributed by atoms with Gasteiger partial charge in [-0.3, -0.25) is 10.1 Å². The number of ether oxygens (including phenoxy) is 1. The van der Waals surface area contributed by atoms with Crippen LogP contribution in [-0.4, -0.2) is 31.3 Å². The molecule has 1 aromatic carbocycles. The molecule has 0 aliphatic heterocycles. The average molecular weight is 308 g/mol. The molecule has 2 rings (SSSR count). The minimum atomic E-state index is -4.40. The number of rotatable bonds is 3. The fraction of sp³-hybridized carbons (Fsp3) is 0.462. The first-order valence-corrected chi connectivity index (χ1v) is 6.31. The van der Waals surface area contributed by atoms with E-state index in [0.29, 0.717) is 5.02 Å². The Bertz CT molecular complexity index is 533. The maximum Gasteiger partial charge on any atom is 0.401 e. The van der Waals surface area contributed by atoms with Gasteiger partial charge in [0, 0.05) is 17.9 Å². The number of nitrogens with one attached hydrogen (secondary N) is 1. The summed E-state index contributed by atoms with van der Waals surface area (Å²) in [5.41, 5.74) is 0.184. The van der Waals surface area contributed by atoms with Crippen molar-refractivity contribution in [2.45, 2.75) is 24.6 Å². The summed E-state index contributed by atoms with van der Waals surface area (Å²) in [6.07, 6.45) is -4.11. The summed E-state index contributed by atoms with van der Waals surface area (Å²) >= 11 is 5.86. The van der Waals surface area contributed by atoms with Crippen LogP contribution in [0.4, 0.5) is 13.2 Å². The Hall–Kier alpha value is -1.27. The van der Waals surface area contributed by atoms with E-state index < -0.39 is 24.2 Å². The third-order valence-corrected chi connectivity index (χ3v) is 3.59. The Labute approximate surface area is 119 Å². The summed E-state index contributed by atoms with van der Waals surface area (Å²) in [5, 5.41) is 2.80. The normalized spacial score (nSPS) is 21.6. The van der Waals surface area contributed by atoms with Crippen molar-refractivity contribution < 1.29 is 22.7 Å². The van der Waals surface area contributed by atoms with E-state index >= 15 is 0 Å². The van der Waals surface area contributed by atoms with Gasteiger partial charge in [0.1, 0.15) is 5.54 Å². The summed E-state index contributed by atoms with van der Waals surface area (Å²) in [5.74, 6) is -0.700. The molecule has 1 aliphatic rings. The zero-order valence-electron chi connectivity index (χ0n) is 10.7. The van der Waals surface area contributed by atoms with Crippen molar-refractivity contribution in [3.8, 4) is 0 Å². The van der Waals surface area contributed by atoms with Gasteiger partial charge in [0.15, 0.2) is 0 Å². The zero-order valence-corrected chi connectivity index (χ0v) is 11.4. The van der Waals surface area contributed by atoms with Gasteiger partial charge in [-0.2, -0.15) is 13.2 Å². The van der Waals surface area contributed by atoms with E-state index in [1.165, 1.54) is 0 Å². The lowest BCUT2D eigenvalue weighted by molar-refractivity contribution is -0.153. The molecule has 0 saturated carbocycles. The molecule has 0 radical (unpaired) electrons. The number of benzene rings is 1. The maximum absolute atomic E-state index is 12.4. The molecule has 1 atom stereocenters. The first kappa shape index (κ1) is 15.1. The second-order valence-corrected chi connectivity index (χ2v) is 5.25. The molecule has 0 aromatic heterocycles. The fourth-order valence-electron chi connectivity index (χ4n) is 2.45. The highest BCUT2D eigenvalue weighted by molar-refractivity contribution is 6.30. The van der Waals surface area contributed by atoms with E-state index in [4.69, 9.17) is 11.6 Å². The molecule has 1 N–H and O–H groups in total. The van der Waals surface area contributed by atoms with Gasteiger partial charge in [0.05, 0.1) is 13.7 Å². The van der Waals surface area contributed by atoms with E-state index in [9.17, 15) is 18.0 Å². The van der Waals surface area contributed by atoms with Gasteiger partial charge in [-0.05, 0) is 23.3 Å². The molecule has 0 saturated heterocycles. The van der Waals surface area contributed by atoms with E-state index in [1.54, 1.807) is 18.2 Å². The van der Waals surface area contributed by atoms with Crippen LogP contribution in [0.3, 0.4) is 0 Å². The Balaban J connectivity index is 2.26. The first-order valence-electron chi connectivity index (χ1n) is 5.93. The average Bonchev–Trinajstić information content (AvgIpc) is 2.73. The SMILES string of the molecule is COC(=O)C1(NCC(F)(F)F)Cc2ccc(Cl)cc2C1. The molecular weight excluding hydrogens is 295 g/mol. The second kappa shape index (κ2) is 5.26. The third-order valence-electron chi connectivity index (χ3n) is 3.36. The minimum absolute atomic E-state index is 0.131. The Morgan fingerprint density at radius 3 is 2.65 bits per heavy atom. The molecule has 3 nitrogen and oxygen atoms in total. The molecule has 110 valence electrons. The van der Waals surface area contributed by atoms with Crippen molar-refractivity contribution in [1.82, 2.24) is 5.32 Å². The highest BCUT2D eigenvalue weighted by atomic mass is 35.5. The first-order chi connectivity index (χ1) is 9.26. The molecule has 1 aliphatic carbocycles. The van der Waals surface area contributed by atoms with Gasteiger partial charge >= 0.3 is 12.1 Å². The number of methoxy groups -OCH3 is 1. The van der Waals surface area contributed by atoms with Crippen LogP contribution in [0.25, 0.3) is 0 Å². The molecule has 0 spiro atoms. The van der Waals surface area contributed by atoms with Crippen LogP contribution in [-0.2, 0) is 22.4 Å². The van der Waals surface area contributed by atoms with Crippen LogP contribution >= 0.6 is 11.6 Å². The van der Waals surface area contributed by atoms with E-state index in [1.807, 2.05) is 0 Å². The summed E-state index contributed by atoms with van der Waals surface area (Å²) in [6, 6.07) is 5.03. The van der Waals surface area contributed by atoms with Crippen LogP contribution in [0.5, 0.6) is 0 Å². The molecular formula is C13H13ClF3NO2. The monoisotopic (exact) mass is 307 g/mol. The van der Waals surface area contributed by atoms with Gasteiger partial charge in [-0.25, -0.2) is 0 Å². The zero-order chi connectivity index (χ0) is 15.0. The third kappa shape index (κ3) is 3.07. The summed E-state index contributed by atoms with van der Waals surface area (Å²) in [4.78, 5) is 11.9. The van der Waals surface area contributed by atoms with Gasteiger partial charge in [-0.1, -0.05) is 17.7 Å². The summed E-state index contributed by atoms with van der Waals surface area (Å²) in [7, 11) is 1.16. The molecule has 1 unspecified atom stereocenters. The van der Waals surface area contributed by atoms with E-state index in [0.717, 1.165) is 18.2 Å². The molecule has 0 bridgehead atoms. The number of esters is 1. The quantitative estimate of drug-likeness (QED) is 0.872. The number of fused-ring (bicyclic) bond motifs is 1. The lowest BCUT2D eigenvalue weighted by Gasteiger charge is -2.28. The molecule has 1 aromatic rings. The van der Waals surface area contributed by atoms with Crippen molar-refractivity contribution in [3.05, 3.63) is 34.3 Å². The van der Waals surface area contributed by atoms with Crippen LogP contribution in [0, 0.1) is 0 Å². The largest absolute Gasteiger partial charge is 0.468 e. The topological polar surface area (TPSA) is 38.3 Å². The summed E-state index contributed by atoms with van der Waals surface area (Å²) < 4.78 is 41.9. The minimum Gasteiger partial charge on any atom is -0.468 e. The predicted octanol–water partition coefficient (Wildman–Crippen LogP) is 2.50. The van der Waals surface area contributed by atoms with Gasteiger partial charge < -0.3 is 4.74 Å². The van der Waals surface area contributed by atoms with Crippen molar-refractivity contribution >= 4 is 17.6 Å². The highest BCUT2D eigenvalue weighted by Crippen LogP contribution is 2.33. The Morgan fingerprint density at radius 1 is 1.40 bits per heavy atom. The molecule has 0 heterocycles. The molecule has 0 fully saturated rings. The Morgan fingerprint density at radius 2 is 2.05 bits per heavy atom. The van der Waals surface area contributed by atoms with Gasteiger partial charge in [-0.15, -0.1) is 0 Å². The van der Waals surface area contributed by atoms with Crippen molar-refractivity contribution in [3.63, 3.8) is 0 Å². The van der Waals surface area contributed by atoms with Crippen molar-refractivity contribution in [1.29, 1.82) is 0 Å².